The summed E-state index contributed by atoms with van der Waals surface area (Å²) < 4.78 is 5.10. The second kappa shape index (κ2) is 6.31. The van der Waals surface area contributed by atoms with E-state index < -0.39 is 0 Å². The number of benzene rings is 1. The van der Waals surface area contributed by atoms with Gasteiger partial charge in [-0.15, -0.1) is 0 Å². The zero-order valence-electron chi connectivity index (χ0n) is 9.85. The molecule has 1 aromatic heterocycles. The number of rotatable bonds is 4. The first-order valence-electron chi connectivity index (χ1n) is 5.70. The Morgan fingerprint density at radius 2 is 2.06 bits per heavy atom. The van der Waals surface area contributed by atoms with Crippen LogP contribution in [-0.2, 0) is 0 Å². The first-order valence-corrected chi connectivity index (χ1v) is 5.70. The maximum atomic E-state index is 10.5. The number of hydrogen-bond donors (Lipinski definition) is 1. The number of anilines is 1. The van der Waals surface area contributed by atoms with Crippen LogP contribution < -0.4 is 5.32 Å². The summed E-state index contributed by atoms with van der Waals surface area (Å²) in [4.78, 5) is 10.5. The van der Waals surface area contributed by atoms with Gasteiger partial charge in [-0.25, -0.2) is 0 Å². The molecule has 0 aliphatic rings. The van der Waals surface area contributed by atoms with Crippen LogP contribution in [0.15, 0.2) is 47.1 Å². The smallest absolute Gasteiger partial charge is 0.176 e. The highest BCUT2D eigenvalue weighted by atomic mass is 16.3. The van der Waals surface area contributed by atoms with Crippen LogP contribution in [0.2, 0.25) is 0 Å². The Kier molecular flexibility index (Phi) is 4.21. The maximum Gasteiger partial charge on any atom is 0.176 e. The normalized spacial score (nSPS) is 9.33. The highest BCUT2D eigenvalue weighted by Crippen LogP contribution is 2.07. The van der Waals surface area contributed by atoms with E-state index in [9.17, 15) is 4.79 Å². The largest absolute Gasteiger partial charge is 0.456 e. The monoisotopic (exact) mass is 239 g/mol. The van der Waals surface area contributed by atoms with Crippen molar-refractivity contribution in [2.75, 3.05) is 11.9 Å². The van der Waals surface area contributed by atoms with Crippen molar-refractivity contribution >= 4 is 12.0 Å². The number of aldehydes is 1. The van der Waals surface area contributed by atoms with Gasteiger partial charge >= 0.3 is 0 Å². The lowest BCUT2D eigenvalue weighted by Crippen LogP contribution is -2.00. The Balaban J connectivity index is 1.76. The summed E-state index contributed by atoms with van der Waals surface area (Å²) in [6.07, 6.45) is 3.17. The molecular formula is C15H13NO2. The van der Waals surface area contributed by atoms with E-state index in [-0.39, 0.29) is 0 Å². The molecule has 0 aliphatic heterocycles. The van der Waals surface area contributed by atoms with Gasteiger partial charge in [0.2, 0.25) is 0 Å². The molecule has 1 aromatic carbocycles. The Labute approximate surface area is 106 Å². The third kappa shape index (κ3) is 3.53. The van der Waals surface area contributed by atoms with Crippen molar-refractivity contribution in [3.63, 3.8) is 0 Å². The molecule has 0 amide bonds. The average molecular weight is 239 g/mol. The third-order valence-electron chi connectivity index (χ3n) is 2.36. The van der Waals surface area contributed by atoms with Crippen LogP contribution in [-0.4, -0.2) is 12.8 Å². The molecule has 2 rings (SSSR count). The van der Waals surface area contributed by atoms with Gasteiger partial charge < -0.3 is 9.73 Å². The van der Waals surface area contributed by atoms with Gasteiger partial charge in [-0.05, 0) is 42.3 Å². The van der Waals surface area contributed by atoms with E-state index in [1.54, 1.807) is 18.4 Å². The highest BCUT2D eigenvalue weighted by Gasteiger charge is 1.92. The standard InChI is InChI=1S/C15H13NO2/c17-12-13-6-8-14(9-7-13)16-10-2-1-4-15-5-3-11-18-15/h3,5-9,11-12,16H,2,10H2. The predicted octanol–water partition coefficient (Wildman–Crippen LogP) is 2.95. The van der Waals surface area contributed by atoms with Crippen LogP contribution in [0.3, 0.4) is 0 Å². The zero-order valence-corrected chi connectivity index (χ0v) is 9.85. The van der Waals surface area contributed by atoms with Gasteiger partial charge in [0.1, 0.15) is 6.29 Å². The van der Waals surface area contributed by atoms with E-state index in [1.807, 2.05) is 24.3 Å². The van der Waals surface area contributed by atoms with Gasteiger partial charge in [-0.2, -0.15) is 0 Å². The third-order valence-corrected chi connectivity index (χ3v) is 2.36. The first kappa shape index (κ1) is 12.0. The van der Waals surface area contributed by atoms with Gasteiger partial charge in [-0.3, -0.25) is 4.79 Å². The fourth-order valence-electron chi connectivity index (χ4n) is 1.45. The molecule has 0 radical (unpaired) electrons. The van der Waals surface area contributed by atoms with Crippen LogP contribution in [0.25, 0.3) is 0 Å². The fraction of sp³-hybridized carbons (Fsp3) is 0.133. The highest BCUT2D eigenvalue weighted by molar-refractivity contribution is 5.75. The van der Waals surface area contributed by atoms with Crippen molar-refractivity contribution in [1.82, 2.24) is 0 Å². The lowest BCUT2D eigenvalue weighted by molar-refractivity contribution is 0.112. The number of carbonyl (C=O) groups excluding carboxylic acids is 1. The van der Waals surface area contributed by atoms with Gasteiger partial charge in [0.15, 0.2) is 5.76 Å². The van der Waals surface area contributed by atoms with Crippen molar-refractivity contribution < 1.29 is 9.21 Å². The minimum Gasteiger partial charge on any atom is -0.456 e. The molecule has 18 heavy (non-hydrogen) atoms. The Morgan fingerprint density at radius 3 is 2.72 bits per heavy atom. The summed E-state index contributed by atoms with van der Waals surface area (Å²) >= 11 is 0. The number of carbonyl (C=O) groups is 1. The molecule has 90 valence electrons. The minimum atomic E-state index is 0.679. The van der Waals surface area contributed by atoms with Crippen LogP contribution in [0, 0.1) is 11.8 Å². The summed E-state index contributed by atoms with van der Waals surface area (Å²) in [6, 6.07) is 11.0. The van der Waals surface area contributed by atoms with Crippen LogP contribution >= 0.6 is 0 Å². The molecule has 0 fully saturated rings. The second-order valence-electron chi connectivity index (χ2n) is 3.70. The molecule has 2 aromatic rings. The summed E-state index contributed by atoms with van der Waals surface area (Å²) in [7, 11) is 0. The summed E-state index contributed by atoms with van der Waals surface area (Å²) in [5, 5.41) is 3.23. The van der Waals surface area contributed by atoms with Crippen molar-refractivity contribution in [2.24, 2.45) is 0 Å². The second-order valence-corrected chi connectivity index (χ2v) is 3.70. The molecule has 0 saturated carbocycles. The SMILES string of the molecule is O=Cc1ccc(NCCC#Cc2ccco2)cc1. The van der Waals surface area contributed by atoms with Gasteiger partial charge in [0.05, 0.1) is 6.26 Å². The van der Waals surface area contributed by atoms with Gasteiger partial charge in [0.25, 0.3) is 0 Å². The Morgan fingerprint density at radius 1 is 1.22 bits per heavy atom. The number of hydrogen-bond acceptors (Lipinski definition) is 3. The molecule has 1 N–H and O–H groups in total. The molecule has 0 atom stereocenters. The van der Waals surface area contributed by atoms with Gasteiger partial charge in [0, 0.05) is 24.2 Å². The molecule has 1 heterocycles. The number of nitrogens with one attached hydrogen (secondary N) is 1. The minimum absolute atomic E-state index is 0.679. The lowest BCUT2D eigenvalue weighted by Gasteiger charge is -2.03. The molecule has 3 heteroatoms. The van der Waals surface area contributed by atoms with E-state index >= 15 is 0 Å². The maximum absolute atomic E-state index is 10.5. The summed E-state index contributed by atoms with van der Waals surface area (Å²) in [5.74, 6) is 6.63. The van der Waals surface area contributed by atoms with Crippen molar-refractivity contribution in [1.29, 1.82) is 0 Å². The molecule has 3 nitrogen and oxygen atoms in total. The number of furan rings is 1. The Hall–Kier alpha value is -2.47. The molecular weight excluding hydrogens is 226 g/mol. The topological polar surface area (TPSA) is 42.2 Å². The molecule has 0 bridgehead atoms. The molecule has 0 spiro atoms. The van der Waals surface area contributed by atoms with E-state index in [4.69, 9.17) is 4.42 Å². The van der Waals surface area contributed by atoms with E-state index in [0.29, 0.717) is 11.3 Å². The van der Waals surface area contributed by atoms with Crippen LogP contribution in [0.5, 0.6) is 0 Å². The lowest BCUT2D eigenvalue weighted by atomic mass is 10.2. The van der Waals surface area contributed by atoms with Crippen molar-refractivity contribution in [3.05, 3.63) is 54.0 Å². The quantitative estimate of drug-likeness (QED) is 0.506. The fourth-order valence-corrected chi connectivity index (χ4v) is 1.45. The molecule has 0 aliphatic carbocycles. The predicted molar refractivity (Wildman–Crippen MR) is 70.5 cm³/mol. The average Bonchev–Trinajstić information content (AvgIpc) is 2.92. The first-order chi connectivity index (χ1) is 8.88. The molecule has 0 unspecified atom stereocenters. The summed E-state index contributed by atoms with van der Waals surface area (Å²) in [6.45, 7) is 0.758. The van der Waals surface area contributed by atoms with E-state index in [0.717, 1.165) is 24.9 Å². The summed E-state index contributed by atoms with van der Waals surface area (Å²) in [5.41, 5.74) is 1.67. The van der Waals surface area contributed by atoms with Crippen molar-refractivity contribution in [2.45, 2.75) is 6.42 Å². The van der Waals surface area contributed by atoms with Crippen molar-refractivity contribution in [3.8, 4) is 11.8 Å². The Bertz CT molecular complexity index is 544. The zero-order chi connectivity index (χ0) is 12.6. The van der Waals surface area contributed by atoms with E-state index in [2.05, 4.69) is 17.2 Å². The van der Waals surface area contributed by atoms with Crippen LogP contribution in [0.4, 0.5) is 5.69 Å². The van der Waals surface area contributed by atoms with Crippen LogP contribution in [0.1, 0.15) is 22.5 Å². The van der Waals surface area contributed by atoms with Gasteiger partial charge in [-0.1, -0.05) is 5.92 Å². The van der Waals surface area contributed by atoms with E-state index in [1.165, 1.54) is 0 Å². The molecule has 0 saturated heterocycles.